The number of ether oxygens (including phenoxy) is 3. The summed E-state index contributed by atoms with van der Waals surface area (Å²) in [5.74, 6) is 0.514. The predicted octanol–water partition coefficient (Wildman–Crippen LogP) is 3.93. The van der Waals surface area contributed by atoms with E-state index in [1.54, 1.807) is 12.1 Å². The smallest absolute Gasteiger partial charge is 0.163 e. The van der Waals surface area contributed by atoms with Gasteiger partial charge in [-0.3, -0.25) is 4.79 Å². The van der Waals surface area contributed by atoms with Crippen LogP contribution in [-0.4, -0.2) is 38.8 Å². The molecule has 0 amide bonds. The van der Waals surface area contributed by atoms with Crippen molar-refractivity contribution < 1.29 is 19.0 Å². The van der Waals surface area contributed by atoms with Gasteiger partial charge in [-0.1, -0.05) is 24.3 Å². The van der Waals surface area contributed by atoms with Gasteiger partial charge in [0.05, 0.1) is 38.6 Å². The lowest BCUT2D eigenvalue weighted by Gasteiger charge is -2.15. The number of hydrogen-bond acceptors (Lipinski definition) is 4. The van der Waals surface area contributed by atoms with E-state index in [4.69, 9.17) is 25.8 Å². The summed E-state index contributed by atoms with van der Waals surface area (Å²) in [6, 6.07) is 1.65. The van der Waals surface area contributed by atoms with Crippen LogP contribution < -0.4 is 4.74 Å². The zero-order chi connectivity index (χ0) is 16.5. The lowest BCUT2D eigenvalue weighted by molar-refractivity contribution is -0.0334. The third-order valence-electron chi connectivity index (χ3n) is 3.14. The maximum absolute atomic E-state index is 11.5. The highest BCUT2D eigenvalue weighted by atomic mass is 35.5. The molecule has 0 N–H and O–H groups in total. The first-order valence-corrected chi connectivity index (χ1v) is 7.65. The van der Waals surface area contributed by atoms with Crippen molar-refractivity contribution in [3.63, 3.8) is 0 Å². The number of rotatable bonds is 4. The molecule has 1 aromatic rings. The molecule has 0 saturated carbocycles. The molecule has 0 radical (unpaired) electrons. The van der Waals surface area contributed by atoms with Crippen molar-refractivity contribution in [1.82, 2.24) is 0 Å². The first-order chi connectivity index (χ1) is 10.5. The van der Waals surface area contributed by atoms with E-state index >= 15 is 0 Å². The van der Waals surface area contributed by atoms with E-state index in [0.29, 0.717) is 22.9 Å². The number of hydrogen-bond donors (Lipinski definition) is 0. The van der Waals surface area contributed by atoms with Crippen LogP contribution in [0.25, 0.3) is 6.08 Å². The number of carbonyl (C=O) groups is 1. The Balaban J connectivity index is 0.000000335. The molecule has 4 nitrogen and oxygen atoms in total. The molecular formula is C17H23ClO4. The van der Waals surface area contributed by atoms with Crippen LogP contribution in [0.4, 0.5) is 0 Å². The Morgan fingerprint density at radius 2 is 1.91 bits per heavy atom. The summed E-state index contributed by atoms with van der Waals surface area (Å²) in [6.45, 7) is 12.6. The summed E-state index contributed by atoms with van der Waals surface area (Å²) in [6.07, 6.45) is 1.67. The number of ketones is 1. The second kappa shape index (κ2) is 9.62. The second-order valence-electron chi connectivity index (χ2n) is 4.69. The molecule has 1 fully saturated rings. The van der Waals surface area contributed by atoms with Crippen molar-refractivity contribution in [2.24, 2.45) is 0 Å². The highest BCUT2D eigenvalue weighted by molar-refractivity contribution is 6.32. The van der Waals surface area contributed by atoms with E-state index in [-0.39, 0.29) is 5.78 Å². The van der Waals surface area contributed by atoms with Gasteiger partial charge in [0.2, 0.25) is 0 Å². The van der Waals surface area contributed by atoms with Crippen molar-refractivity contribution >= 4 is 23.5 Å². The van der Waals surface area contributed by atoms with Crippen LogP contribution in [-0.2, 0) is 9.47 Å². The van der Waals surface area contributed by atoms with Gasteiger partial charge in [0, 0.05) is 10.6 Å². The first kappa shape index (κ1) is 18.7. The molecule has 122 valence electrons. The van der Waals surface area contributed by atoms with Crippen LogP contribution in [0.5, 0.6) is 5.75 Å². The van der Waals surface area contributed by atoms with Gasteiger partial charge in [-0.15, -0.1) is 0 Å². The summed E-state index contributed by atoms with van der Waals surface area (Å²) in [5, 5.41) is 0.559. The third kappa shape index (κ3) is 5.13. The highest BCUT2D eigenvalue weighted by Gasteiger charge is 2.16. The van der Waals surface area contributed by atoms with Gasteiger partial charge in [-0.2, -0.15) is 0 Å². The summed E-state index contributed by atoms with van der Waals surface area (Å²) in [7, 11) is 0. The molecule has 1 heterocycles. The molecule has 0 unspecified atom stereocenters. The summed E-state index contributed by atoms with van der Waals surface area (Å²) < 4.78 is 15.4. The molecule has 5 heteroatoms. The van der Waals surface area contributed by atoms with Gasteiger partial charge in [0.1, 0.15) is 5.75 Å². The summed E-state index contributed by atoms with van der Waals surface area (Å²) in [4.78, 5) is 11.5. The van der Waals surface area contributed by atoms with Gasteiger partial charge in [-0.05, 0) is 32.4 Å². The SMILES string of the molecule is C1COCCO1.C=Cc1c(C)c(Cl)cc(C(C)=O)c1OCC. The zero-order valence-corrected chi connectivity index (χ0v) is 14.2. The van der Waals surface area contributed by atoms with Gasteiger partial charge >= 0.3 is 0 Å². The van der Waals surface area contributed by atoms with Crippen molar-refractivity contribution in [2.45, 2.75) is 20.8 Å². The summed E-state index contributed by atoms with van der Waals surface area (Å²) >= 11 is 6.06. The molecule has 0 spiro atoms. The number of carbonyl (C=O) groups excluding carboxylic acids is 1. The quantitative estimate of drug-likeness (QED) is 0.786. The summed E-state index contributed by atoms with van der Waals surface area (Å²) in [5.41, 5.74) is 2.18. The van der Waals surface area contributed by atoms with E-state index in [2.05, 4.69) is 6.58 Å². The number of halogens is 1. The number of benzene rings is 1. The molecule has 1 saturated heterocycles. The monoisotopic (exact) mass is 326 g/mol. The first-order valence-electron chi connectivity index (χ1n) is 7.27. The average molecular weight is 327 g/mol. The normalized spacial score (nSPS) is 13.8. The van der Waals surface area contributed by atoms with Crippen LogP contribution >= 0.6 is 11.6 Å². The fourth-order valence-corrected chi connectivity index (χ4v) is 2.20. The minimum atomic E-state index is -0.0616. The fraction of sp³-hybridized carbons (Fsp3) is 0.471. The zero-order valence-electron chi connectivity index (χ0n) is 13.4. The van der Waals surface area contributed by atoms with Crippen LogP contribution in [0.2, 0.25) is 5.02 Å². The van der Waals surface area contributed by atoms with E-state index in [1.807, 2.05) is 13.8 Å². The van der Waals surface area contributed by atoms with Crippen molar-refractivity contribution in [2.75, 3.05) is 33.0 Å². The average Bonchev–Trinajstić information content (AvgIpc) is 2.53. The molecule has 0 aliphatic carbocycles. The Kier molecular flexibility index (Phi) is 8.17. The molecule has 22 heavy (non-hydrogen) atoms. The second-order valence-corrected chi connectivity index (χ2v) is 5.10. The lowest BCUT2D eigenvalue weighted by Crippen LogP contribution is -2.16. The topological polar surface area (TPSA) is 44.8 Å². The largest absolute Gasteiger partial charge is 0.492 e. The Hall–Kier alpha value is -1.36. The molecule has 0 bridgehead atoms. The standard InChI is InChI=1S/C13H15ClO2.C4H8O2/c1-5-10-8(3)12(14)7-11(9(4)15)13(10)16-6-2;1-2-6-4-3-5-1/h5,7H,1,6H2,2-4H3;1-4H2. The molecule has 2 rings (SSSR count). The molecule has 0 atom stereocenters. The van der Waals surface area contributed by atoms with Gasteiger partial charge in [0.25, 0.3) is 0 Å². The van der Waals surface area contributed by atoms with Crippen molar-refractivity contribution in [3.8, 4) is 5.75 Å². The maximum Gasteiger partial charge on any atom is 0.163 e. The number of Topliss-reactive ketones (excluding diaryl/α,β-unsaturated/α-hetero) is 1. The predicted molar refractivity (Wildman–Crippen MR) is 89.1 cm³/mol. The lowest BCUT2D eigenvalue weighted by atomic mass is 10.0. The maximum atomic E-state index is 11.5. The van der Waals surface area contributed by atoms with E-state index < -0.39 is 0 Å². The minimum Gasteiger partial charge on any atom is -0.492 e. The molecule has 1 aromatic carbocycles. The van der Waals surface area contributed by atoms with Crippen LogP contribution in [0, 0.1) is 6.92 Å². The Morgan fingerprint density at radius 1 is 1.36 bits per heavy atom. The molecule has 0 aromatic heterocycles. The third-order valence-corrected chi connectivity index (χ3v) is 3.53. The van der Waals surface area contributed by atoms with E-state index in [1.165, 1.54) is 6.92 Å². The Labute approximate surface area is 137 Å². The van der Waals surface area contributed by atoms with Crippen molar-refractivity contribution in [1.29, 1.82) is 0 Å². The van der Waals surface area contributed by atoms with Crippen molar-refractivity contribution in [3.05, 3.63) is 34.4 Å². The van der Waals surface area contributed by atoms with E-state index in [9.17, 15) is 4.79 Å². The van der Waals surface area contributed by atoms with Crippen LogP contribution in [0.1, 0.15) is 35.3 Å². The van der Waals surface area contributed by atoms with Crippen LogP contribution in [0.3, 0.4) is 0 Å². The van der Waals surface area contributed by atoms with Gasteiger partial charge < -0.3 is 14.2 Å². The molecule has 1 aliphatic heterocycles. The van der Waals surface area contributed by atoms with E-state index in [0.717, 1.165) is 37.6 Å². The van der Waals surface area contributed by atoms with Gasteiger partial charge in [-0.25, -0.2) is 0 Å². The molecule has 1 aliphatic rings. The Bertz CT molecular complexity index is 510. The minimum absolute atomic E-state index is 0.0616. The highest BCUT2D eigenvalue weighted by Crippen LogP contribution is 2.33. The van der Waals surface area contributed by atoms with Gasteiger partial charge in [0.15, 0.2) is 5.78 Å². The Morgan fingerprint density at radius 3 is 2.27 bits per heavy atom. The molecular weight excluding hydrogens is 304 g/mol. The fourth-order valence-electron chi connectivity index (χ4n) is 1.99. The van der Waals surface area contributed by atoms with Crippen LogP contribution in [0.15, 0.2) is 12.6 Å².